The third-order valence-corrected chi connectivity index (χ3v) is 7.50. The number of morpholine rings is 2. The Bertz CT molecular complexity index is 1140. The molecule has 188 valence electrons. The highest BCUT2D eigenvalue weighted by atomic mass is 32.2. The number of nitrogens with zero attached hydrogens (tertiary/aromatic N) is 3. The Kier molecular flexibility index (Phi) is 8.30. The van der Waals surface area contributed by atoms with Gasteiger partial charge in [0.1, 0.15) is 22.3 Å². The lowest BCUT2D eigenvalue weighted by Crippen LogP contribution is -2.60. The van der Waals surface area contributed by atoms with Crippen LogP contribution in [0.2, 0.25) is 0 Å². The quantitative estimate of drug-likeness (QED) is 0.493. The van der Waals surface area contributed by atoms with Crippen LogP contribution < -0.4 is 9.46 Å². The number of rotatable bonds is 10. The number of benzene rings is 2. The highest BCUT2D eigenvalue weighted by molar-refractivity contribution is 7.89. The predicted octanol–water partition coefficient (Wildman–Crippen LogP) is 1.97. The summed E-state index contributed by atoms with van der Waals surface area (Å²) in [4.78, 5) is 3.95. The molecule has 0 saturated carbocycles. The van der Waals surface area contributed by atoms with E-state index >= 15 is 0 Å². The topological polar surface area (TPSA) is 94.9 Å². The number of sulfonamides is 1. The molecule has 11 heteroatoms. The average molecular weight is 507 g/mol. The zero-order valence-corrected chi connectivity index (χ0v) is 20.0. The summed E-state index contributed by atoms with van der Waals surface area (Å²) in [6, 6.07) is 11.5. The summed E-state index contributed by atoms with van der Waals surface area (Å²) < 4.78 is 65.8. The van der Waals surface area contributed by atoms with Crippen LogP contribution in [0.1, 0.15) is 12.0 Å². The lowest BCUT2D eigenvalue weighted by atomic mass is 10.1. The van der Waals surface area contributed by atoms with E-state index in [0.717, 1.165) is 43.9 Å². The second kappa shape index (κ2) is 11.4. The van der Waals surface area contributed by atoms with Crippen LogP contribution >= 0.6 is 0 Å². The van der Waals surface area contributed by atoms with Gasteiger partial charge in [0, 0.05) is 51.9 Å². The van der Waals surface area contributed by atoms with E-state index in [1.807, 2.05) is 0 Å². The first-order valence-electron chi connectivity index (χ1n) is 11.5. The van der Waals surface area contributed by atoms with Gasteiger partial charge in [-0.15, -0.1) is 0 Å². The molecule has 2 unspecified atom stereocenters. The maximum atomic E-state index is 13.8. The van der Waals surface area contributed by atoms with Crippen LogP contribution in [0, 0.1) is 23.0 Å². The molecule has 1 N–H and O–H groups in total. The molecule has 0 aliphatic carbocycles. The van der Waals surface area contributed by atoms with Gasteiger partial charge in [-0.3, -0.25) is 9.80 Å². The number of hydrogen-bond acceptors (Lipinski definition) is 7. The van der Waals surface area contributed by atoms with Gasteiger partial charge in [-0.2, -0.15) is 5.26 Å². The van der Waals surface area contributed by atoms with E-state index in [0.29, 0.717) is 37.9 Å². The predicted molar refractivity (Wildman–Crippen MR) is 124 cm³/mol. The Morgan fingerprint density at radius 1 is 1.03 bits per heavy atom. The largest absolute Gasteiger partial charge is 0.494 e. The molecule has 8 nitrogen and oxygen atoms in total. The number of nitriles is 1. The molecule has 2 fully saturated rings. The van der Waals surface area contributed by atoms with Crippen LogP contribution in [-0.2, 0) is 14.8 Å². The summed E-state index contributed by atoms with van der Waals surface area (Å²) in [5, 5.41) is 8.85. The molecule has 0 spiro atoms. The van der Waals surface area contributed by atoms with Crippen molar-refractivity contribution >= 4 is 10.0 Å². The number of nitrogens with one attached hydrogen (secondary N) is 1. The van der Waals surface area contributed by atoms with Crippen LogP contribution in [0.5, 0.6) is 5.75 Å². The van der Waals surface area contributed by atoms with E-state index in [1.54, 1.807) is 24.3 Å². The molecule has 0 amide bonds. The number of ether oxygens (including phenoxy) is 2. The lowest BCUT2D eigenvalue weighted by Gasteiger charge is -2.45. The van der Waals surface area contributed by atoms with Gasteiger partial charge in [-0.05, 0) is 42.8 Å². The van der Waals surface area contributed by atoms with Gasteiger partial charge >= 0.3 is 0 Å². The lowest BCUT2D eigenvalue weighted by molar-refractivity contribution is -0.138. The molecule has 35 heavy (non-hydrogen) atoms. The molecule has 2 aliphatic heterocycles. The Labute approximate surface area is 204 Å². The molecule has 2 bridgehead atoms. The zero-order chi connectivity index (χ0) is 24.8. The average Bonchev–Trinajstić information content (AvgIpc) is 2.81. The summed E-state index contributed by atoms with van der Waals surface area (Å²) in [6.45, 7) is 5.00. The van der Waals surface area contributed by atoms with Crippen molar-refractivity contribution < 1.29 is 26.7 Å². The fourth-order valence-electron chi connectivity index (χ4n) is 4.44. The highest BCUT2D eigenvalue weighted by Gasteiger charge is 2.34. The summed E-state index contributed by atoms with van der Waals surface area (Å²) in [7, 11) is -4.06. The first-order valence-corrected chi connectivity index (χ1v) is 13.0. The van der Waals surface area contributed by atoms with Crippen molar-refractivity contribution in [1.82, 2.24) is 14.5 Å². The minimum atomic E-state index is -4.06. The maximum Gasteiger partial charge on any atom is 0.243 e. The van der Waals surface area contributed by atoms with E-state index in [-0.39, 0.29) is 18.8 Å². The van der Waals surface area contributed by atoms with Crippen LogP contribution in [0.4, 0.5) is 8.78 Å². The number of fused-ring (bicyclic) bond motifs is 2. The van der Waals surface area contributed by atoms with Gasteiger partial charge in [0.25, 0.3) is 0 Å². The standard InChI is InChI=1S/C24H28F2N4O4S/c25-19-4-7-24(23(26)12-19)35(31,32)28-8-10-30-16-21-14-29(15-22(17-30)34-21)9-1-11-33-20-5-2-18(13-27)3-6-20/h2-7,12,21-22,28H,1,8-11,14-17H2. The molecule has 4 rings (SSSR count). The maximum absolute atomic E-state index is 13.8. The molecule has 2 aromatic carbocycles. The molecule has 2 aliphatic rings. The van der Waals surface area contributed by atoms with E-state index in [1.165, 1.54) is 0 Å². The number of hydrogen-bond donors (Lipinski definition) is 1. The summed E-state index contributed by atoms with van der Waals surface area (Å²) in [6.07, 6.45) is 0.936. The molecular weight excluding hydrogens is 478 g/mol. The van der Waals surface area contributed by atoms with Crippen molar-refractivity contribution in [2.24, 2.45) is 0 Å². The fraction of sp³-hybridized carbons (Fsp3) is 0.458. The van der Waals surface area contributed by atoms with E-state index in [9.17, 15) is 17.2 Å². The van der Waals surface area contributed by atoms with Crippen molar-refractivity contribution in [1.29, 1.82) is 5.26 Å². The van der Waals surface area contributed by atoms with Crippen molar-refractivity contribution in [2.45, 2.75) is 23.5 Å². The second-order valence-electron chi connectivity index (χ2n) is 8.71. The van der Waals surface area contributed by atoms with Crippen molar-refractivity contribution in [2.75, 3.05) is 52.4 Å². The van der Waals surface area contributed by atoms with Crippen molar-refractivity contribution in [3.63, 3.8) is 0 Å². The van der Waals surface area contributed by atoms with Gasteiger partial charge in [0.2, 0.25) is 10.0 Å². The van der Waals surface area contributed by atoms with E-state index in [4.69, 9.17) is 14.7 Å². The molecule has 2 atom stereocenters. The normalized spacial score (nSPS) is 20.9. The smallest absolute Gasteiger partial charge is 0.243 e. The second-order valence-corrected chi connectivity index (χ2v) is 10.4. The van der Waals surface area contributed by atoms with Gasteiger partial charge in [-0.25, -0.2) is 21.9 Å². The van der Waals surface area contributed by atoms with Gasteiger partial charge in [0.15, 0.2) is 0 Å². The van der Waals surface area contributed by atoms with E-state index in [2.05, 4.69) is 20.6 Å². The molecule has 2 saturated heterocycles. The van der Waals surface area contributed by atoms with Gasteiger partial charge in [0.05, 0.1) is 30.4 Å². The Morgan fingerprint density at radius 3 is 2.31 bits per heavy atom. The van der Waals surface area contributed by atoms with Gasteiger partial charge in [-0.1, -0.05) is 0 Å². The minimum absolute atomic E-state index is 0.0353. The third-order valence-electron chi connectivity index (χ3n) is 6.01. The van der Waals surface area contributed by atoms with Crippen LogP contribution in [0.15, 0.2) is 47.4 Å². The Balaban J connectivity index is 1.17. The molecule has 0 aromatic heterocycles. The van der Waals surface area contributed by atoms with Crippen LogP contribution in [-0.4, -0.2) is 82.8 Å². The fourth-order valence-corrected chi connectivity index (χ4v) is 5.52. The highest BCUT2D eigenvalue weighted by Crippen LogP contribution is 2.20. The van der Waals surface area contributed by atoms with Crippen molar-refractivity contribution in [3.05, 3.63) is 59.7 Å². The first-order chi connectivity index (χ1) is 16.8. The molecule has 0 radical (unpaired) electrons. The van der Waals surface area contributed by atoms with Gasteiger partial charge < -0.3 is 9.47 Å². The Morgan fingerprint density at radius 2 is 1.69 bits per heavy atom. The molecule has 2 aromatic rings. The first kappa shape index (κ1) is 25.5. The number of halogens is 2. The third kappa shape index (κ3) is 6.96. The van der Waals surface area contributed by atoms with Crippen molar-refractivity contribution in [3.8, 4) is 11.8 Å². The SMILES string of the molecule is N#Cc1ccc(OCCCN2CC3CN(CCNS(=O)(=O)c4ccc(F)cc4F)CC(C2)O3)cc1. The van der Waals surface area contributed by atoms with E-state index < -0.39 is 26.6 Å². The zero-order valence-electron chi connectivity index (χ0n) is 19.2. The monoisotopic (exact) mass is 506 g/mol. The minimum Gasteiger partial charge on any atom is -0.494 e. The Hall–Kier alpha value is -2.62. The molecule has 2 heterocycles. The summed E-state index contributed by atoms with van der Waals surface area (Å²) in [5.41, 5.74) is 0.602. The molecular formula is C24H28F2N4O4S. The summed E-state index contributed by atoms with van der Waals surface area (Å²) >= 11 is 0. The van der Waals surface area contributed by atoms with Crippen LogP contribution in [0.25, 0.3) is 0 Å². The summed E-state index contributed by atoms with van der Waals surface area (Å²) in [5.74, 6) is -1.19. The van der Waals surface area contributed by atoms with Crippen LogP contribution in [0.3, 0.4) is 0 Å².